The quantitative estimate of drug-likeness (QED) is 0.302. The summed E-state index contributed by atoms with van der Waals surface area (Å²) in [5, 5.41) is 21.2. The van der Waals surface area contributed by atoms with Crippen LogP contribution in [-0.2, 0) is 11.2 Å². The first kappa shape index (κ1) is 16.3. The molecule has 0 aliphatic rings. The van der Waals surface area contributed by atoms with Crippen molar-refractivity contribution in [2.45, 2.75) is 12.5 Å². The zero-order valence-corrected chi connectivity index (χ0v) is 11.2. The minimum Gasteiger partial charge on any atom is -0.861 e. The molecule has 0 saturated carbocycles. The van der Waals surface area contributed by atoms with Crippen LogP contribution in [0, 0.1) is 0 Å². The number of aliphatic carboxylic acids is 1. The molecule has 1 aromatic carbocycles. The third kappa shape index (κ3) is 3.64. The Morgan fingerprint density at radius 1 is 1.45 bits per heavy atom. The molecule has 6 nitrogen and oxygen atoms in total. The van der Waals surface area contributed by atoms with Crippen molar-refractivity contribution in [3.05, 3.63) is 36.0 Å². The maximum atomic E-state index is 11.2. The first-order valence-electron chi connectivity index (χ1n) is 5.83. The topological polar surface area (TPSA) is 115 Å². The maximum Gasteiger partial charge on any atom is 1.00 e. The zero-order valence-electron chi connectivity index (χ0n) is 11.2. The summed E-state index contributed by atoms with van der Waals surface area (Å²) in [6.45, 7) is -0.280. The Labute approximate surface area is 127 Å². The van der Waals surface area contributed by atoms with Crippen LogP contribution in [0.3, 0.4) is 0 Å². The number of fused-ring (bicyclic) bond motifs is 1. The van der Waals surface area contributed by atoms with E-state index in [-0.39, 0.29) is 31.8 Å². The van der Waals surface area contributed by atoms with Gasteiger partial charge in [-0.05, 0) is 17.5 Å². The molecule has 0 bridgehead atoms. The Kier molecular flexibility index (Phi) is 5.83. The Morgan fingerprint density at radius 2 is 2.15 bits per heavy atom. The van der Waals surface area contributed by atoms with Crippen molar-refractivity contribution in [3.63, 3.8) is 0 Å². The van der Waals surface area contributed by atoms with Gasteiger partial charge in [0.15, 0.2) is 0 Å². The number of carboxylic acids is 1. The van der Waals surface area contributed by atoms with Crippen molar-refractivity contribution >= 4 is 22.8 Å². The monoisotopic (exact) mass is 267 g/mol. The second-order valence-corrected chi connectivity index (χ2v) is 4.14. The molecule has 20 heavy (non-hydrogen) atoms. The predicted molar refractivity (Wildman–Crippen MR) is 69.9 cm³/mol. The summed E-state index contributed by atoms with van der Waals surface area (Å²) < 4.78 is 0. The van der Waals surface area contributed by atoms with E-state index in [1.54, 1.807) is 6.20 Å². The molecular formula is C13H14LiN3O3. The molecule has 0 amide bonds. The van der Waals surface area contributed by atoms with Crippen LogP contribution in [0.5, 0.6) is 0 Å². The van der Waals surface area contributed by atoms with E-state index in [0.29, 0.717) is 0 Å². The smallest absolute Gasteiger partial charge is 0.861 e. The van der Waals surface area contributed by atoms with Gasteiger partial charge in [0.2, 0.25) is 0 Å². The Bertz CT molecular complexity index is 624. The van der Waals surface area contributed by atoms with Crippen LogP contribution in [0.15, 0.2) is 35.5 Å². The standard InChI is InChI=1S/C13H15N3O3.Li/c14-6-12(17)16-11(13(18)19)5-8-7-15-10-4-2-1-3-9(8)10;/h1-4,7,11,15H,5-6,14H2,(H,16,17)(H,18,19);/q;+1/p-1/t11-;/m0./s1. The molecule has 100 valence electrons. The third-order valence-corrected chi connectivity index (χ3v) is 2.85. The van der Waals surface area contributed by atoms with Crippen molar-refractivity contribution in [2.24, 2.45) is 10.7 Å². The average molecular weight is 267 g/mol. The van der Waals surface area contributed by atoms with Crippen LogP contribution in [0.2, 0.25) is 0 Å². The molecule has 0 saturated heterocycles. The zero-order chi connectivity index (χ0) is 13.8. The number of para-hydroxylation sites is 1. The molecule has 2 rings (SSSR count). The van der Waals surface area contributed by atoms with Crippen LogP contribution in [0.25, 0.3) is 10.9 Å². The van der Waals surface area contributed by atoms with Gasteiger partial charge in [0.1, 0.15) is 6.04 Å². The van der Waals surface area contributed by atoms with E-state index in [1.165, 1.54) is 0 Å². The molecule has 7 heteroatoms. The van der Waals surface area contributed by atoms with E-state index in [9.17, 15) is 9.90 Å². The molecule has 0 aliphatic carbocycles. The first-order valence-corrected chi connectivity index (χ1v) is 5.83. The Balaban J connectivity index is 0.00000200. The fraction of sp³-hybridized carbons (Fsp3) is 0.231. The van der Waals surface area contributed by atoms with Gasteiger partial charge in [0, 0.05) is 30.1 Å². The van der Waals surface area contributed by atoms with Gasteiger partial charge in [0.05, 0.1) is 0 Å². The summed E-state index contributed by atoms with van der Waals surface area (Å²) >= 11 is 0. The van der Waals surface area contributed by atoms with Gasteiger partial charge >= 0.3 is 24.8 Å². The number of H-pyrrole nitrogens is 1. The average Bonchev–Trinajstić information content (AvgIpc) is 2.81. The summed E-state index contributed by atoms with van der Waals surface area (Å²) in [6, 6.07) is 6.45. The Morgan fingerprint density at radius 3 is 2.80 bits per heavy atom. The molecule has 0 aliphatic heterocycles. The van der Waals surface area contributed by atoms with Gasteiger partial charge in [0.25, 0.3) is 0 Å². The van der Waals surface area contributed by atoms with E-state index in [4.69, 9.17) is 10.8 Å². The first-order chi connectivity index (χ1) is 9.11. The number of carbonyl (C=O) groups is 1. The minimum atomic E-state index is -1.13. The van der Waals surface area contributed by atoms with Crippen molar-refractivity contribution in [3.8, 4) is 0 Å². The fourth-order valence-corrected chi connectivity index (χ4v) is 1.92. The van der Waals surface area contributed by atoms with Crippen LogP contribution in [0.4, 0.5) is 0 Å². The van der Waals surface area contributed by atoms with Crippen molar-refractivity contribution in [1.82, 2.24) is 4.98 Å². The normalized spacial score (nSPS) is 12.9. The summed E-state index contributed by atoms with van der Waals surface area (Å²) in [7, 11) is 0. The fourth-order valence-electron chi connectivity index (χ4n) is 1.92. The van der Waals surface area contributed by atoms with Crippen molar-refractivity contribution in [1.29, 1.82) is 0 Å². The summed E-state index contributed by atoms with van der Waals surface area (Å²) in [5.41, 5.74) is 6.88. The molecule has 0 fully saturated rings. The molecule has 1 aromatic heterocycles. The molecule has 4 N–H and O–H groups in total. The third-order valence-electron chi connectivity index (χ3n) is 2.85. The van der Waals surface area contributed by atoms with Crippen molar-refractivity contribution in [2.75, 3.05) is 6.54 Å². The van der Waals surface area contributed by atoms with Crippen LogP contribution in [0.1, 0.15) is 5.56 Å². The minimum absolute atomic E-state index is 0. The summed E-state index contributed by atoms with van der Waals surface area (Å²) in [5.74, 6) is -1.74. The second kappa shape index (κ2) is 7.15. The van der Waals surface area contributed by atoms with E-state index in [0.717, 1.165) is 16.5 Å². The van der Waals surface area contributed by atoms with E-state index in [1.807, 2.05) is 24.3 Å². The van der Waals surface area contributed by atoms with Gasteiger partial charge in [-0.2, -0.15) is 0 Å². The largest absolute Gasteiger partial charge is 1.00 e. The number of rotatable bonds is 5. The van der Waals surface area contributed by atoms with Crippen molar-refractivity contribution < 1.29 is 33.9 Å². The number of aromatic amines is 1. The molecule has 0 unspecified atom stereocenters. The molecule has 1 heterocycles. The Hall–Kier alpha value is -1.74. The number of nitrogens with zero attached hydrogens (tertiary/aromatic N) is 1. The summed E-state index contributed by atoms with van der Waals surface area (Å²) in [4.78, 5) is 17.8. The van der Waals surface area contributed by atoms with Gasteiger partial charge in [-0.15, -0.1) is 0 Å². The van der Waals surface area contributed by atoms with E-state index < -0.39 is 17.9 Å². The maximum absolute atomic E-state index is 11.2. The number of hydrogen-bond acceptors (Lipinski definition) is 4. The summed E-state index contributed by atoms with van der Waals surface area (Å²) in [6.07, 6.45) is 1.90. The molecule has 0 spiro atoms. The molecule has 1 atom stereocenters. The van der Waals surface area contributed by atoms with Crippen LogP contribution in [-0.4, -0.2) is 34.5 Å². The number of aliphatic imine (C=N–C) groups is 1. The predicted octanol–water partition coefficient (Wildman–Crippen LogP) is -3.11. The van der Waals surface area contributed by atoms with Gasteiger partial charge in [-0.3, -0.25) is 4.99 Å². The number of nitrogens with two attached hydrogens (primary N) is 1. The second-order valence-electron chi connectivity index (χ2n) is 4.14. The molecule has 2 aromatic rings. The SMILES string of the molecule is NCC([O-])=N[C@@H](Cc1c[nH]c2ccccc12)C(=O)O.[Li+]. The van der Waals surface area contributed by atoms with E-state index in [2.05, 4.69) is 9.98 Å². The van der Waals surface area contributed by atoms with E-state index >= 15 is 0 Å². The van der Waals surface area contributed by atoms with Gasteiger partial charge < -0.3 is 20.9 Å². The number of hydrogen-bond donors (Lipinski definition) is 3. The van der Waals surface area contributed by atoms with Crippen LogP contribution >= 0.6 is 0 Å². The number of benzene rings is 1. The van der Waals surface area contributed by atoms with Gasteiger partial charge in [-0.1, -0.05) is 18.2 Å². The molecule has 0 radical (unpaired) electrons. The van der Waals surface area contributed by atoms with Crippen LogP contribution < -0.4 is 29.7 Å². The number of nitrogens with one attached hydrogen (secondary N) is 1. The molecular weight excluding hydrogens is 253 g/mol. The van der Waals surface area contributed by atoms with Gasteiger partial charge in [-0.25, -0.2) is 4.79 Å². The number of carboxylic acid groups (broad SMARTS) is 1. The number of aromatic nitrogens is 1.